The van der Waals surface area contributed by atoms with Gasteiger partial charge in [0.05, 0.1) is 6.10 Å². The van der Waals surface area contributed by atoms with Crippen molar-refractivity contribution in [2.45, 2.75) is 29.9 Å². The fraction of sp³-hybridized carbons (Fsp3) is 0.500. The Morgan fingerprint density at radius 2 is 2.50 bits per heavy atom. The van der Waals surface area contributed by atoms with Crippen LogP contribution in [-0.4, -0.2) is 39.0 Å². The molecule has 1 N–H and O–H groups in total. The predicted octanol–water partition coefficient (Wildman–Crippen LogP) is 1.44. The summed E-state index contributed by atoms with van der Waals surface area (Å²) in [7, 11) is 0. The second kappa shape index (κ2) is 4.80. The standard InChI is InChI=1S/C10H12N2O3S/c1-6-8(3-5-15-6)16-10-11-4-2-7(12-10)9(13)14/h2,4,6,8H,3,5H2,1H3,(H,13,14). The summed E-state index contributed by atoms with van der Waals surface area (Å²) in [5.74, 6) is -1.03. The van der Waals surface area contributed by atoms with Crippen molar-refractivity contribution in [1.29, 1.82) is 0 Å². The molecule has 0 amide bonds. The van der Waals surface area contributed by atoms with Gasteiger partial charge in [-0.05, 0) is 19.4 Å². The molecule has 0 bridgehead atoms. The fourth-order valence-corrected chi connectivity index (χ4v) is 2.55. The first-order valence-corrected chi connectivity index (χ1v) is 5.89. The van der Waals surface area contributed by atoms with E-state index < -0.39 is 5.97 Å². The fourth-order valence-electron chi connectivity index (χ4n) is 1.52. The zero-order chi connectivity index (χ0) is 11.5. The van der Waals surface area contributed by atoms with Gasteiger partial charge in [0, 0.05) is 18.1 Å². The van der Waals surface area contributed by atoms with Crippen molar-refractivity contribution in [1.82, 2.24) is 9.97 Å². The molecular weight excluding hydrogens is 228 g/mol. The highest BCUT2D eigenvalue weighted by atomic mass is 32.2. The second-order valence-corrected chi connectivity index (χ2v) is 4.76. The van der Waals surface area contributed by atoms with Crippen molar-refractivity contribution < 1.29 is 14.6 Å². The Bertz CT molecular complexity index is 399. The van der Waals surface area contributed by atoms with Crippen LogP contribution in [0.5, 0.6) is 0 Å². The average Bonchev–Trinajstić information content (AvgIpc) is 2.65. The van der Waals surface area contributed by atoms with Crippen LogP contribution in [0.25, 0.3) is 0 Å². The molecule has 0 aromatic carbocycles. The van der Waals surface area contributed by atoms with Gasteiger partial charge >= 0.3 is 5.97 Å². The Labute approximate surface area is 97.2 Å². The van der Waals surface area contributed by atoms with Gasteiger partial charge in [-0.2, -0.15) is 0 Å². The molecule has 1 aromatic heterocycles. The Morgan fingerprint density at radius 3 is 3.12 bits per heavy atom. The highest BCUT2D eigenvalue weighted by molar-refractivity contribution is 7.99. The van der Waals surface area contributed by atoms with E-state index >= 15 is 0 Å². The van der Waals surface area contributed by atoms with Gasteiger partial charge in [0.15, 0.2) is 10.9 Å². The Morgan fingerprint density at radius 1 is 1.69 bits per heavy atom. The molecule has 1 fully saturated rings. The lowest BCUT2D eigenvalue weighted by atomic mass is 10.3. The van der Waals surface area contributed by atoms with Crippen LogP contribution in [0, 0.1) is 0 Å². The van der Waals surface area contributed by atoms with Crippen LogP contribution >= 0.6 is 11.8 Å². The molecule has 1 saturated heterocycles. The van der Waals surface area contributed by atoms with Gasteiger partial charge in [0.25, 0.3) is 0 Å². The molecule has 16 heavy (non-hydrogen) atoms. The summed E-state index contributed by atoms with van der Waals surface area (Å²) in [6.45, 7) is 2.75. The molecule has 1 aliphatic heterocycles. The van der Waals surface area contributed by atoms with E-state index in [2.05, 4.69) is 9.97 Å². The van der Waals surface area contributed by atoms with E-state index in [1.54, 1.807) is 0 Å². The molecule has 1 aromatic rings. The molecule has 2 heterocycles. The van der Waals surface area contributed by atoms with E-state index in [1.165, 1.54) is 24.0 Å². The largest absolute Gasteiger partial charge is 0.477 e. The van der Waals surface area contributed by atoms with Crippen LogP contribution in [0.3, 0.4) is 0 Å². The predicted molar refractivity (Wildman–Crippen MR) is 58.7 cm³/mol. The van der Waals surface area contributed by atoms with E-state index in [0.717, 1.165) is 13.0 Å². The number of hydrogen-bond acceptors (Lipinski definition) is 5. The van der Waals surface area contributed by atoms with Gasteiger partial charge in [-0.15, -0.1) is 0 Å². The maximum atomic E-state index is 10.7. The van der Waals surface area contributed by atoms with Gasteiger partial charge in [0.2, 0.25) is 0 Å². The number of aromatic carboxylic acids is 1. The van der Waals surface area contributed by atoms with E-state index in [-0.39, 0.29) is 11.8 Å². The number of thioether (sulfide) groups is 1. The van der Waals surface area contributed by atoms with Crippen LogP contribution in [0.2, 0.25) is 0 Å². The summed E-state index contributed by atoms with van der Waals surface area (Å²) in [5, 5.41) is 9.61. The maximum Gasteiger partial charge on any atom is 0.354 e. The monoisotopic (exact) mass is 240 g/mol. The number of rotatable bonds is 3. The van der Waals surface area contributed by atoms with Gasteiger partial charge < -0.3 is 9.84 Å². The molecule has 0 radical (unpaired) electrons. The summed E-state index contributed by atoms with van der Waals surface area (Å²) < 4.78 is 5.42. The third-order valence-electron chi connectivity index (χ3n) is 2.42. The number of carbonyl (C=O) groups is 1. The lowest BCUT2D eigenvalue weighted by Crippen LogP contribution is -2.14. The molecule has 1 aliphatic rings. The first-order chi connectivity index (χ1) is 7.66. The number of aromatic nitrogens is 2. The maximum absolute atomic E-state index is 10.7. The molecule has 2 unspecified atom stereocenters. The number of nitrogens with zero attached hydrogens (tertiary/aromatic N) is 2. The van der Waals surface area contributed by atoms with Crippen molar-refractivity contribution >= 4 is 17.7 Å². The van der Waals surface area contributed by atoms with Crippen LogP contribution in [-0.2, 0) is 4.74 Å². The summed E-state index contributed by atoms with van der Waals surface area (Å²) in [6, 6.07) is 1.39. The molecular formula is C10H12N2O3S. The van der Waals surface area contributed by atoms with E-state index in [0.29, 0.717) is 10.4 Å². The van der Waals surface area contributed by atoms with Crippen molar-refractivity contribution in [2.24, 2.45) is 0 Å². The average molecular weight is 240 g/mol. The van der Waals surface area contributed by atoms with E-state index in [9.17, 15) is 4.79 Å². The summed E-state index contributed by atoms with van der Waals surface area (Å²) in [4.78, 5) is 18.8. The van der Waals surface area contributed by atoms with Gasteiger partial charge in [-0.1, -0.05) is 11.8 Å². The van der Waals surface area contributed by atoms with Crippen LogP contribution in [0.15, 0.2) is 17.4 Å². The molecule has 6 heteroatoms. The summed E-state index contributed by atoms with van der Waals surface area (Å²) >= 11 is 1.48. The number of carboxylic acid groups (broad SMARTS) is 1. The molecule has 86 valence electrons. The molecule has 2 rings (SSSR count). The minimum Gasteiger partial charge on any atom is -0.477 e. The molecule has 0 aliphatic carbocycles. The number of carboxylic acids is 1. The van der Waals surface area contributed by atoms with Crippen LogP contribution < -0.4 is 0 Å². The number of ether oxygens (including phenoxy) is 1. The molecule has 0 spiro atoms. The minimum absolute atomic E-state index is 0.0315. The first kappa shape index (κ1) is 11.3. The van der Waals surface area contributed by atoms with Crippen molar-refractivity contribution in [3.05, 3.63) is 18.0 Å². The van der Waals surface area contributed by atoms with Gasteiger partial charge in [-0.3, -0.25) is 0 Å². The van der Waals surface area contributed by atoms with E-state index in [1.807, 2.05) is 6.92 Å². The zero-order valence-corrected chi connectivity index (χ0v) is 9.61. The summed E-state index contributed by atoms with van der Waals surface area (Å²) in [5.41, 5.74) is 0.0315. The second-order valence-electron chi connectivity index (χ2n) is 3.55. The summed E-state index contributed by atoms with van der Waals surface area (Å²) in [6.07, 6.45) is 2.59. The zero-order valence-electron chi connectivity index (χ0n) is 8.79. The third-order valence-corrected chi connectivity index (χ3v) is 3.75. The van der Waals surface area contributed by atoms with Crippen LogP contribution in [0.4, 0.5) is 0 Å². The number of hydrogen-bond donors (Lipinski definition) is 1. The van der Waals surface area contributed by atoms with Crippen molar-refractivity contribution in [2.75, 3.05) is 6.61 Å². The normalized spacial score (nSPS) is 24.6. The smallest absolute Gasteiger partial charge is 0.354 e. The Balaban J connectivity index is 2.09. The topological polar surface area (TPSA) is 72.3 Å². The molecule has 5 nitrogen and oxygen atoms in total. The van der Waals surface area contributed by atoms with Gasteiger partial charge in [0.1, 0.15) is 0 Å². The SMILES string of the molecule is CC1OCCC1Sc1nccc(C(=O)O)n1. The Hall–Kier alpha value is -1.14. The Kier molecular flexibility index (Phi) is 3.40. The quantitative estimate of drug-likeness (QED) is 0.806. The molecule has 0 saturated carbocycles. The molecule has 2 atom stereocenters. The van der Waals surface area contributed by atoms with Crippen molar-refractivity contribution in [3.8, 4) is 0 Å². The third kappa shape index (κ3) is 2.51. The highest BCUT2D eigenvalue weighted by Crippen LogP contribution is 2.30. The first-order valence-electron chi connectivity index (χ1n) is 5.01. The van der Waals surface area contributed by atoms with E-state index in [4.69, 9.17) is 9.84 Å². The lowest BCUT2D eigenvalue weighted by molar-refractivity contribution is 0.0689. The minimum atomic E-state index is -1.03. The highest BCUT2D eigenvalue weighted by Gasteiger charge is 2.26. The van der Waals surface area contributed by atoms with Crippen LogP contribution in [0.1, 0.15) is 23.8 Å². The van der Waals surface area contributed by atoms with Gasteiger partial charge in [-0.25, -0.2) is 14.8 Å². The van der Waals surface area contributed by atoms with Crippen molar-refractivity contribution in [3.63, 3.8) is 0 Å². The lowest BCUT2D eigenvalue weighted by Gasteiger charge is -2.11.